The number of amides is 2. The number of carbonyl (C=O) groups is 2. The lowest BCUT2D eigenvalue weighted by atomic mass is 9.94. The summed E-state index contributed by atoms with van der Waals surface area (Å²) in [6.07, 6.45) is 1.57. The molecule has 0 aromatic heterocycles. The van der Waals surface area contributed by atoms with Gasteiger partial charge in [-0.05, 0) is 37.8 Å². The van der Waals surface area contributed by atoms with E-state index >= 15 is 0 Å². The largest absolute Gasteiger partial charge is 0.352 e. The van der Waals surface area contributed by atoms with Crippen LogP contribution in [-0.2, 0) is 4.79 Å². The van der Waals surface area contributed by atoms with Crippen LogP contribution >= 0.6 is 0 Å². The van der Waals surface area contributed by atoms with Crippen LogP contribution in [0.3, 0.4) is 0 Å². The second-order valence-electron chi connectivity index (χ2n) is 6.85. The fourth-order valence-electron chi connectivity index (χ4n) is 2.34. The molecule has 1 aromatic rings. The SMILES string of the molecule is CCC(N)(CC)CNC(=O)C(NC(=O)c1ccc(C)cc1)C(C)C. The molecule has 134 valence electrons. The number of nitrogens with one attached hydrogen (secondary N) is 2. The zero-order valence-corrected chi connectivity index (χ0v) is 15.5. The van der Waals surface area contributed by atoms with Crippen molar-refractivity contribution in [2.75, 3.05) is 6.54 Å². The van der Waals surface area contributed by atoms with Gasteiger partial charge in [-0.1, -0.05) is 45.4 Å². The first-order chi connectivity index (χ1) is 11.2. The summed E-state index contributed by atoms with van der Waals surface area (Å²) in [5.41, 5.74) is 7.46. The van der Waals surface area contributed by atoms with E-state index in [0.717, 1.165) is 18.4 Å². The molecule has 5 nitrogen and oxygen atoms in total. The van der Waals surface area contributed by atoms with E-state index in [2.05, 4.69) is 10.6 Å². The Labute approximate surface area is 145 Å². The van der Waals surface area contributed by atoms with Gasteiger partial charge in [0.15, 0.2) is 0 Å². The van der Waals surface area contributed by atoms with Crippen LogP contribution in [-0.4, -0.2) is 29.9 Å². The molecule has 2 amide bonds. The zero-order valence-electron chi connectivity index (χ0n) is 15.5. The molecule has 1 aromatic carbocycles. The Kier molecular flexibility index (Phi) is 7.42. The van der Waals surface area contributed by atoms with E-state index in [-0.39, 0.29) is 17.7 Å². The highest BCUT2D eigenvalue weighted by molar-refractivity contribution is 5.97. The van der Waals surface area contributed by atoms with Crippen LogP contribution in [0.5, 0.6) is 0 Å². The average Bonchev–Trinajstić information content (AvgIpc) is 2.57. The van der Waals surface area contributed by atoms with E-state index in [1.807, 2.05) is 46.8 Å². The van der Waals surface area contributed by atoms with Gasteiger partial charge in [0.05, 0.1) is 0 Å². The molecule has 5 heteroatoms. The second-order valence-corrected chi connectivity index (χ2v) is 6.85. The van der Waals surface area contributed by atoms with Gasteiger partial charge < -0.3 is 16.4 Å². The molecular formula is C19H31N3O2. The molecule has 0 radical (unpaired) electrons. The molecule has 1 unspecified atom stereocenters. The first-order valence-corrected chi connectivity index (χ1v) is 8.66. The summed E-state index contributed by atoms with van der Waals surface area (Å²) >= 11 is 0. The summed E-state index contributed by atoms with van der Waals surface area (Å²) in [5.74, 6) is -0.453. The van der Waals surface area contributed by atoms with Gasteiger partial charge in [-0.2, -0.15) is 0 Å². The standard InChI is InChI=1S/C19H31N3O2/c1-6-19(20,7-2)12-21-18(24)16(13(3)4)22-17(23)15-10-8-14(5)9-11-15/h8-11,13,16H,6-7,12,20H2,1-5H3,(H,21,24)(H,22,23). The number of hydrogen-bond donors (Lipinski definition) is 3. The predicted molar refractivity (Wildman–Crippen MR) is 97.8 cm³/mol. The van der Waals surface area contributed by atoms with Gasteiger partial charge in [-0.3, -0.25) is 9.59 Å². The maximum atomic E-state index is 12.5. The number of rotatable bonds is 8. The molecule has 0 aliphatic carbocycles. The van der Waals surface area contributed by atoms with E-state index in [9.17, 15) is 9.59 Å². The van der Waals surface area contributed by atoms with Gasteiger partial charge >= 0.3 is 0 Å². The molecule has 0 spiro atoms. The smallest absolute Gasteiger partial charge is 0.251 e. The first-order valence-electron chi connectivity index (χ1n) is 8.66. The summed E-state index contributed by atoms with van der Waals surface area (Å²) in [6, 6.07) is 6.70. The fraction of sp³-hybridized carbons (Fsp3) is 0.579. The lowest BCUT2D eigenvalue weighted by Gasteiger charge is -2.29. The predicted octanol–water partition coefficient (Wildman–Crippen LogP) is 2.38. The molecule has 1 rings (SSSR count). The number of aryl methyl sites for hydroxylation is 1. The van der Waals surface area contributed by atoms with E-state index in [1.54, 1.807) is 12.1 Å². The third-order valence-electron chi connectivity index (χ3n) is 4.57. The third kappa shape index (κ3) is 5.64. The lowest BCUT2D eigenvalue weighted by molar-refractivity contribution is -0.124. The Morgan fingerprint density at radius 2 is 1.67 bits per heavy atom. The minimum Gasteiger partial charge on any atom is -0.352 e. The minimum atomic E-state index is -0.586. The normalized spacial score (nSPS) is 12.8. The highest BCUT2D eigenvalue weighted by atomic mass is 16.2. The van der Waals surface area contributed by atoms with E-state index in [1.165, 1.54) is 0 Å². The molecule has 0 heterocycles. The van der Waals surface area contributed by atoms with Crippen molar-refractivity contribution in [3.63, 3.8) is 0 Å². The first kappa shape index (κ1) is 20.2. The van der Waals surface area contributed by atoms with Crippen molar-refractivity contribution in [1.29, 1.82) is 0 Å². The third-order valence-corrected chi connectivity index (χ3v) is 4.57. The van der Waals surface area contributed by atoms with Crippen molar-refractivity contribution in [1.82, 2.24) is 10.6 Å². The van der Waals surface area contributed by atoms with Crippen LogP contribution in [0.15, 0.2) is 24.3 Å². The lowest BCUT2D eigenvalue weighted by Crippen LogP contribution is -2.55. The van der Waals surface area contributed by atoms with Gasteiger partial charge in [0.2, 0.25) is 5.91 Å². The Morgan fingerprint density at radius 1 is 1.12 bits per heavy atom. The Bertz CT molecular complexity index is 548. The van der Waals surface area contributed by atoms with E-state index in [0.29, 0.717) is 12.1 Å². The van der Waals surface area contributed by atoms with E-state index < -0.39 is 11.6 Å². The van der Waals surface area contributed by atoms with Crippen LogP contribution in [0.25, 0.3) is 0 Å². The van der Waals surface area contributed by atoms with Gasteiger partial charge in [0.25, 0.3) is 5.91 Å². The van der Waals surface area contributed by atoms with Crippen molar-refractivity contribution in [2.45, 2.75) is 59.0 Å². The van der Waals surface area contributed by atoms with Crippen molar-refractivity contribution >= 4 is 11.8 Å². The Balaban J connectivity index is 2.74. The Hall–Kier alpha value is -1.88. The summed E-state index contributed by atoms with van der Waals surface area (Å²) in [5, 5.41) is 5.73. The number of hydrogen-bond acceptors (Lipinski definition) is 3. The molecule has 0 saturated carbocycles. The van der Waals surface area contributed by atoms with Gasteiger partial charge in [-0.25, -0.2) is 0 Å². The van der Waals surface area contributed by atoms with Crippen molar-refractivity contribution in [3.05, 3.63) is 35.4 Å². The van der Waals surface area contributed by atoms with Gasteiger partial charge in [0, 0.05) is 17.6 Å². The Morgan fingerprint density at radius 3 is 2.12 bits per heavy atom. The maximum absolute atomic E-state index is 12.5. The summed E-state index contributed by atoms with van der Waals surface area (Å²) in [6.45, 7) is 10.2. The highest BCUT2D eigenvalue weighted by Crippen LogP contribution is 2.11. The van der Waals surface area contributed by atoms with Gasteiger partial charge in [-0.15, -0.1) is 0 Å². The molecule has 4 N–H and O–H groups in total. The summed E-state index contributed by atoms with van der Waals surface area (Å²) < 4.78 is 0. The molecule has 0 saturated heterocycles. The molecule has 0 bridgehead atoms. The molecular weight excluding hydrogens is 302 g/mol. The molecule has 1 atom stereocenters. The minimum absolute atomic E-state index is 0.0187. The highest BCUT2D eigenvalue weighted by Gasteiger charge is 2.27. The van der Waals surface area contributed by atoms with Crippen molar-refractivity contribution in [2.24, 2.45) is 11.7 Å². The second kappa shape index (κ2) is 8.83. The van der Waals surface area contributed by atoms with Crippen LogP contribution in [0.1, 0.15) is 56.5 Å². The van der Waals surface area contributed by atoms with E-state index in [4.69, 9.17) is 5.73 Å². The number of carbonyl (C=O) groups excluding carboxylic acids is 2. The average molecular weight is 333 g/mol. The topological polar surface area (TPSA) is 84.2 Å². The number of nitrogens with two attached hydrogens (primary N) is 1. The molecule has 24 heavy (non-hydrogen) atoms. The van der Waals surface area contributed by atoms with Crippen LogP contribution in [0, 0.1) is 12.8 Å². The monoisotopic (exact) mass is 333 g/mol. The van der Waals surface area contributed by atoms with Gasteiger partial charge in [0.1, 0.15) is 6.04 Å². The molecule has 0 aliphatic heterocycles. The maximum Gasteiger partial charge on any atom is 0.251 e. The van der Waals surface area contributed by atoms with Crippen molar-refractivity contribution in [3.8, 4) is 0 Å². The molecule has 0 fully saturated rings. The molecule has 0 aliphatic rings. The van der Waals surface area contributed by atoms with Crippen LogP contribution in [0.4, 0.5) is 0 Å². The van der Waals surface area contributed by atoms with Crippen LogP contribution in [0.2, 0.25) is 0 Å². The van der Waals surface area contributed by atoms with Crippen LogP contribution < -0.4 is 16.4 Å². The zero-order chi connectivity index (χ0) is 18.3. The summed E-state index contributed by atoms with van der Waals surface area (Å²) in [7, 11) is 0. The number of benzene rings is 1. The quantitative estimate of drug-likeness (QED) is 0.683. The van der Waals surface area contributed by atoms with Crippen molar-refractivity contribution < 1.29 is 9.59 Å². The fourth-order valence-corrected chi connectivity index (χ4v) is 2.34. The summed E-state index contributed by atoms with van der Waals surface area (Å²) in [4.78, 5) is 24.9.